The van der Waals surface area contributed by atoms with Gasteiger partial charge in [-0.3, -0.25) is 18.7 Å². The molecule has 1 aliphatic heterocycles. The maximum absolute atomic E-state index is 13.1. The molecule has 33 heavy (non-hydrogen) atoms. The van der Waals surface area contributed by atoms with Crippen molar-refractivity contribution in [2.45, 2.75) is 36.7 Å². The average molecular weight is 476 g/mol. The Morgan fingerprint density at radius 1 is 1.12 bits per heavy atom. The summed E-state index contributed by atoms with van der Waals surface area (Å²) in [6.07, 6.45) is 3.17. The van der Waals surface area contributed by atoms with Gasteiger partial charge in [0.25, 0.3) is 5.56 Å². The molecule has 2 aromatic heterocycles. The molecule has 1 atom stereocenters. The molecule has 0 N–H and O–H groups in total. The smallest absolute Gasteiger partial charge is 0.332 e. The van der Waals surface area contributed by atoms with Crippen molar-refractivity contribution in [3.63, 3.8) is 0 Å². The number of hydrogen-bond donors (Lipinski definition) is 0. The number of imidazole rings is 1. The van der Waals surface area contributed by atoms with Crippen LogP contribution in [0.2, 0.25) is 0 Å². The number of aromatic nitrogens is 4. The first-order valence-corrected chi connectivity index (χ1v) is 12.0. The number of carbonyl (C=O) groups is 1. The van der Waals surface area contributed by atoms with Crippen LogP contribution in [-0.2, 0) is 40.2 Å². The molecule has 1 aromatic carbocycles. The number of piperidine rings is 1. The second-order valence-corrected chi connectivity index (χ2v) is 9.81. The summed E-state index contributed by atoms with van der Waals surface area (Å²) in [5.74, 6) is -0.626. The van der Waals surface area contributed by atoms with Gasteiger partial charge in [-0.25, -0.2) is 18.2 Å². The monoisotopic (exact) mass is 475 g/mol. The topological polar surface area (TPSA) is 126 Å². The second kappa shape index (κ2) is 8.94. The summed E-state index contributed by atoms with van der Waals surface area (Å²) in [6.45, 7) is 0.299. The lowest BCUT2D eigenvalue weighted by molar-refractivity contribution is -0.149. The number of rotatable bonds is 6. The van der Waals surface area contributed by atoms with Crippen molar-refractivity contribution in [3.05, 3.63) is 57.5 Å². The zero-order valence-electron chi connectivity index (χ0n) is 18.4. The molecule has 1 saturated heterocycles. The van der Waals surface area contributed by atoms with Crippen LogP contribution in [0.15, 0.2) is 51.1 Å². The number of nitrogens with zero attached hydrogens (tertiary/aromatic N) is 5. The first-order valence-electron chi connectivity index (χ1n) is 10.6. The number of hydrogen-bond acceptors (Lipinski definition) is 7. The van der Waals surface area contributed by atoms with E-state index in [0.717, 1.165) is 11.0 Å². The van der Waals surface area contributed by atoms with E-state index in [1.165, 1.54) is 46.0 Å². The minimum Gasteiger partial charge on any atom is -0.463 e. The van der Waals surface area contributed by atoms with E-state index in [-0.39, 0.29) is 35.8 Å². The van der Waals surface area contributed by atoms with Gasteiger partial charge in [0.15, 0.2) is 11.2 Å². The van der Waals surface area contributed by atoms with E-state index in [4.69, 9.17) is 4.74 Å². The molecule has 1 unspecified atom stereocenters. The van der Waals surface area contributed by atoms with E-state index >= 15 is 0 Å². The Labute approximate surface area is 189 Å². The lowest BCUT2D eigenvalue weighted by Gasteiger charge is -2.33. The summed E-state index contributed by atoms with van der Waals surface area (Å²) in [5, 5.41) is 0. The van der Waals surface area contributed by atoms with Crippen LogP contribution >= 0.6 is 0 Å². The quantitative estimate of drug-likeness (QED) is 0.467. The predicted molar refractivity (Wildman–Crippen MR) is 119 cm³/mol. The fraction of sp³-hybridized carbons (Fsp3) is 0.429. The molecule has 3 aromatic rings. The number of aryl methyl sites for hydroxylation is 1. The highest BCUT2D eigenvalue weighted by Gasteiger charge is 2.38. The van der Waals surface area contributed by atoms with Crippen molar-refractivity contribution in [1.29, 1.82) is 0 Å². The number of ether oxygens (including phenoxy) is 1. The minimum atomic E-state index is -3.83. The number of esters is 1. The molecule has 0 amide bonds. The van der Waals surface area contributed by atoms with Gasteiger partial charge in [0.2, 0.25) is 10.0 Å². The van der Waals surface area contributed by atoms with Gasteiger partial charge in [-0.15, -0.1) is 0 Å². The molecule has 3 heterocycles. The van der Waals surface area contributed by atoms with Crippen LogP contribution in [0.1, 0.15) is 19.3 Å². The molecule has 11 nitrogen and oxygen atoms in total. The third-order valence-corrected chi connectivity index (χ3v) is 7.79. The summed E-state index contributed by atoms with van der Waals surface area (Å²) in [6, 6.07) is 7.11. The normalized spacial score (nSPS) is 17.3. The summed E-state index contributed by atoms with van der Waals surface area (Å²) in [7, 11) is -0.930. The minimum absolute atomic E-state index is 0.0774. The van der Waals surface area contributed by atoms with E-state index in [0.29, 0.717) is 12.8 Å². The highest BCUT2D eigenvalue weighted by molar-refractivity contribution is 7.89. The Morgan fingerprint density at radius 2 is 1.85 bits per heavy atom. The summed E-state index contributed by atoms with van der Waals surface area (Å²) in [5.41, 5.74) is -0.519. The fourth-order valence-electron chi connectivity index (χ4n) is 4.06. The maximum atomic E-state index is 13.1. The number of benzene rings is 1. The third kappa shape index (κ3) is 4.11. The fourth-order valence-corrected chi connectivity index (χ4v) is 5.73. The van der Waals surface area contributed by atoms with Gasteiger partial charge < -0.3 is 9.30 Å². The average Bonchev–Trinajstić information content (AvgIpc) is 3.26. The van der Waals surface area contributed by atoms with Gasteiger partial charge in [-0.2, -0.15) is 4.31 Å². The largest absolute Gasteiger partial charge is 0.463 e. The van der Waals surface area contributed by atoms with Crippen LogP contribution in [0.5, 0.6) is 0 Å². The van der Waals surface area contributed by atoms with E-state index in [2.05, 4.69) is 4.98 Å². The second-order valence-electron chi connectivity index (χ2n) is 7.92. The van der Waals surface area contributed by atoms with Gasteiger partial charge in [0.1, 0.15) is 12.6 Å². The van der Waals surface area contributed by atoms with Crippen LogP contribution in [-0.4, -0.2) is 56.6 Å². The van der Waals surface area contributed by atoms with Gasteiger partial charge in [0, 0.05) is 20.6 Å². The van der Waals surface area contributed by atoms with Crippen molar-refractivity contribution in [2.75, 3.05) is 13.2 Å². The van der Waals surface area contributed by atoms with E-state index in [9.17, 15) is 22.8 Å². The lowest BCUT2D eigenvalue weighted by atomic mass is 10.1. The van der Waals surface area contributed by atoms with Gasteiger partial charge >= 0.3 is 11.7 Å². The molecule has 0 spiro atoms. The first kappa shape index (κ1) is 22.9. The van der Waals surface area contributed by atoms with E-state index in [1.54, 1.807) is 18.2 Å². The summed E-state index contributed by atoms with van der Waals surface area (Å²) < 4.78 is 36.6. The van der Waals surface area contributed by atoms with Crippen molar-refractivity contribution in [1.82, 2.24) is 23.0 Å². The number of fused-ring (bicyclic) bond motifs is 1. The Balaban J connectivity index is 1.50. The molecule has 0 radical (unpaired) electrons. The number of carbonyl (C=O) groups excluding carboxylic acids is 1. The molecular weight excluding hydrogens is 450 g/mol. The molecule has 1 fully saturated rings. The Morgan fingerprint density at radius 3 is 2.58 bits per heavy atom. The van der Waals surface area contributed by atoms with Crippen LogP contribution in [0.4, 0.5) is 0 Å². The SMILES string of the molecule is Cn1c(=O)c2c(ncn2CCOC(=O)C2CCCCN2S(=O)(=O)c2ccccc2)n(C)c1=O. The Kier molecular flexibility index (Phi) is 6.21. The van der Waals surface area contributed by atoms with Crippen molar-refractivity contribution >= 4 is 27.2 Å². The third-order valence-electron chi connectivity index (χ3n) is 5.87. The lowest BCUT2D eigenvalue weighted by Crippen LogP contribution is -2.48. The zero-order valence-corrected chi connectivity index (χ0v) is 19.2. The van der Waals surface area contributed by atoms with Crippen LogP contribution in [0, 0.1) is 0 Å². The molecule has 0 saturated carbocycles. The van der Waals surface area contributed by atoms with Gasteiger partial charge in [-0.05, 0) is 31.4 Å². The van der Waals surface area contributed by atoms with Crippen LogP contribution in [0.25, 0.3) is 11.2 Å². The van der Waals surface area contributed by atoms with E-state index in [1.807, 2.05) is 0 Å². The molecule has 1 aliphatic rings. The highest BCUT2D eigenvalue weighted by Crippen LogP contribution is 2.26. The van der Waals surface area contributed by atoms with Crippen molar-refractivity contribution in [3.8, 4) is 0 Å². The first-order chi connectivity index (χ1) is 15.7. The standard InChI is InChI=1S/C21H25N5O6S/c1-23-18-17(19(27)24(2)21(23)29)25(14-22-18)12-13-32-20(28)16-10-6-7-11-26(16)33(30,31)15-8-4-3-5-9-15/h3-5,8-9,14,16H,6-7,10-13H2,1-2H3. The molecule has 4 rings (SSSR count). The summed E-state index contributed by atoms with van der Waals surface area (Å²) >= 11 is 0. The molecule has 0 aliphatic carbocycles. The molecular formula is C21H25N5O6S. The highest BCUT2D eigenvalue weighted by atomic mass is 32.2. The predicted octanol–water partition coefficient (Wildman–Crippen LogP) is 0.220. The van der Waals surface area contributed by atoms with E-state index < -0.39 is 33.3 Å². The zero-order chi connectivity index (χ0) is 23.8. The molecule has 176 valence electrons. The maximum Gasteiger partial charge on any atom is 0.332 e. The van der Waals surface area contributed by atoms with Gasteiger partial charge in [-0.1, -0.05) is 18.2 Å². The summed E-state index contributed by atoms with van der Waals surface area (Å²) in [4.78, 5) is 41.7. The van der Waals surface area contributed by atoms with Crippen molar-refractivity contribution in [2.24, 2.45) is 14.1 Å². The van der Waals surface area contributed by atoms with Gasteiger partial charge in [0.05, 0.1) is 17.8 Å². The molecule has 0 bridgehead atoms. The molecule has 12 heteroatoms. The Bertz CT molecular complexity index is 1410. The van der Waals surface area contributed by atoms with Crippen LogP contribution in [0.3, 0.4) is 0 Å². The Hall–Kier alpha value is -3.25. The number of sulfonamides is 1. The van der Waals surface area contributed by atoms with Crippen molar-refractivity contribution < 1.29 is 17.9 Å². The van der Waals surface area contributed by atoms with Crippen LogP contribution < -0.4 is 11.2 Å².